The highest BCUT2D eigenvalue weighted by Gasteiger charge is 2.69. The van der Waals surface area contributed by atoms with Crippen molar-refractivity contribution in [3.63, 3.8) is 0 Å². The molecule has 1 aromatic rings. The van der Waals surface area contributed by atoms with Crippen LogP contribution < -0.4 is 16.0 Å². The van der Waals surface area contributed by atoms with E-state index in [0.29, 0.717) is 17.5 Å². The van der Waals surface area contributed by atoms with E-state index in [1.165, 1.54) is 23.9 Å². The highest BCUT2D eigenvalue weighted by Crippen LogP contribution is 2.52. The van der Waals surface area contributed by atoms with Gasteiger partial charge in [0.05, 0.1) is 36.4 Å². The topological polar surface area (TPSA) is 217 Å². The van der Waals surface area contributed by atoms with E-state index in [9.17, 15) is 43.8 Å². The molecule has 15 nitrogen and oxygen atoms in total. The number of amides is 2. The minimum absolute atomic E-state index is 0.00391. The molecule has 262 valence electrons. The Morgan fingerprint density at radius 2 is 1.77 bits per heavy atom. The van der Waals surface area contributed by atoms with Gasteiger partial charge in [0.1, 0.15) is 12.0 Å². The zero-order valence-electron chi connectivity index (χ0n) is 28.3. The molecule has 0 spiro atoms. The molecule has 4 rings (SSSR count). The quantitative estimate of drug-likeness (QED) is 0.139. The van der Waals surface area contributed by atoms with Gasteiger partial charge in [-0.2, -0.15) is 0 Å². The number of Topliss-reactive ketones (excluding diaryl/α,β-unsaturated/α-hetero) is 4. The van der Waals surface area contributed by atoms with Gasteiger partial charge in [-0.1, -0.05) is 13.8 Å². The average molecular weight is 672 g/mol. The standard InChI is InChI=1S/C33H45N5O10/c1-15(2)14-48-32(46)38(8-9-39)13-16(3)35-20-12-21(36(4)5)18-10-17-11-19-25(37(6)7)28(42)24(31(34)45)30(44)33(19,47)29(43)22(17)27(41)23(18)26(20)40/h9,12,15-17,19,22,24-25,35,40,47H,8,10-11,13-14H2,1-7H3,(H2,34,45)/t16?,17-,19-,22?,24?,25-,33-/m0/s1. The van der Waals surface area contributed by atoms with E-state index in [1.54, 1.807) is 32.0 Å². The highest BCUT2D eigenvalue weighted by atomic mass is 16.6. The summed E-state index contributed by atoms with van der Waals surface area (Å²) in [5.41, 5.74) is 3.51. The molecule has 0 aliphatic heterocycles. The SMILES string of the molecule is CC(C)COC(=O)N(CC=O)CC(C)Nc1cc(N(C)C)c2c(c1O)C(=O)C1C(=O)[C@]3(O)C(=O)C(C(N)=O)C(=O)[C@@H](N(C)C)[C@@H]3C[C@@H]1C2. The summed E-state index contributed by atoms with van der Waals surface area (Å²) in [7, 11) is 6.53. The van der Waals surface area contributed by atoms with Crippen LogP contribution in [0.3, 0.4) is 0 Å². The lowest BCUT2D eigenvalue weighted by Crippen LogP contribution is -2.74. The van der Waals surface area contributed by atoms with Crippen molar-refractivity contribution in [3.05, 3.63) is 17.2 Å². The summed E-state index contributed by atoms with van der Waals surface area (Å²) in [6.45, 7) is 5.38. The molecule has 2 fully saturated rings. The number of anilines is 2. The van der Waals surface area contributed by atoms with Crippen molar-refractivity contribution in [1.82, 2.24) is 9.80 Å². The maximum absolute atomic E-state index is 14.3. The van der Waals surface area contributed by atoms with Gasteiger partial charge in [0.25, 0.3) is 0 Å². The molecule has 3 aliphatic carbocycles. The smallest absolute Gasteiger partial charge is 0.410 e. The Labute approximate surface area is 278 Å². The molecule has 2 saturated carbocycles. The lowest BCUT2D eigenvalue weighted by molar-refractivity contribution is -0.181. The van der Waals surface area contributed by atoms with Gasteiger partial charge in [0, 0.05) is 38.3 Å². The van der Waals surface area contributed by atoms with Crippen molar-refractivity contribution in [2.45, 2.75) is 51.3 Å². The van der Waals surface area contributed by atoms with Gasteiger partial charge in [-0.3, -0.25) is 33.8 Å². The molecule has 1 aromatic carbocycles. The highest BCUT2D eigenvalue weighted by molar-refractivity contribution is 6.32. The fourth-order valence-corrected chi connectivity index (χ4v) is 7.45. The first-order chi connectivity index (χ1) is 22.4. The number of nitrogens with two attached hydrogens (primary N) is 1. The Bertz CT molecular complexity index is 1540. The molecule has 0 saturated heterocycles. The first kappa shape index (κ1) is 36.5. The number of phenols is 1. The van der Waals surface area contributed by atoms with Gasteiger partial charge < -0.3 is 35.7 Å². The van der Waals surface area contributed by atoms with Gasteiger partial charge in [-0.15, -0.1) is 0 Å². The molecule has 7 atom stereocenters. The number of fused-ring (bicyclic) bond motifs is 3. The van der Waals surface area contributed by atoms with Gasteiger partial charge in [0.15, 0.2) is 34.7 Å². The zero-order valence-corrected chi connectivity index (χ0v) is 28.3. The van der Waals surface area contributed by atoms with Gasteiger partial charge in [-0.25, -0.2) is 4.79 Å². The van der Waals surface area contributed by atoms with Crippen LogP contribution in [0.4, 0.5) is 16.2 Å². The van der Waals surface area contributed by atoms with Gasteiger partial charge >= 0.3 is 6.09 Å². The Morgan fingerprint density at radius 3 is 2.31 bits per heavy atom. The van der Waals surface area contributed by atoms with Crippen LogP contribution >= 0.6 is 0 Å². The molecule has 0 bridgehead atoms. The zero-order chi connectivity index (χ0) is 36.0. The van der Waals surface area contributed by atoms with Crippen molar-refractivity contribution >= 4 is 52.8 Å². The Morgan fingerprint density at radius 1 is 1.12 bits per heavy atom. The van der Waals surface area contributed by atoms with E-state index in [0.717, 1.165) is 0 Å². The molecular weight excluding hydrogens is 626 g/mol. The third-order valence-corrected chi connectivity index (χ3v) is 9.51. The molecule has 48 heavy (non-hydrogen) atoms. The minimum Gasteiger partial charge on any atom is -0.505 e. The van der Waals surface area contributed by atoms with E-state index in [1.807, 2.05) is 13.8 Å². The fourth-order valence-electron chi connectivity index (χ4n) is 7.45. The number of carbonyl (C=O) groups is 7. The van der Waals surface area contributed by atoms with Crippen molar-refractivity contribution in [2.75, 3.05) is 58.1 Å². The summed E-state index contributed by atoms with van der Waals surface area (Å²) in [5, 5.41) is 26.4. The predicted octanol–water partition coefficient (Wildman–Crippen LogP) is 0.0269. The van der Waals surface area contributed by atoms with E-state index < -0.39 is 82.2 Å². The first-order valence-electron chi connectivity index (χ1n) is 15.9. The number of phenolic OH excluding ortho intramolecular Hbond substituents is 1. The summed E-state index contributed by atoms with van der Waals surface area (Å²) in [6.07, 6.45) is -0.0702. The largest absolute Gasteiger partial charge is 0.505 e. The second-order valence-corrected chi connectivity index (χ2v) is 13.9. The average Bonchev–Trinajstić information content (AvgIpc) is 2.98. The summed E-state index contributed by atoms with van der Waals surface area (Å²) in [5.74, 6) is -11.3. The number of ether oxygens (including phenoxy) is 1. The summed E-state index contributed by atoms with van der Waals surface area (Å²) in [4.78, 5) is 95.8. The first-order valence-corrected chi connectivity index (χ1v) is 15.9. The molecule has 3 aliphatic rings. The fraction of sp³-hybridized carbons (Fsp3) is 0.606. The van der Waals surface area contributed by atoms with Crippen molar-refractivity contribution < 1.29 is 48.5 Å². The monoisotopic (exact) mass is 671 g/mol. The van der Waals surface area contributed by atoms with Gasteiger partial charge in [0.2, 0.25) is 5.91 Å². The lowest BCUT2D eigenvalue weighted by Gasteiger charge is -2.52. The summed E-state index contributed by atoms with van der Waals surface area (Å²) >= 11 is 0. The normalized spacial score (nSPS) is 27.2. The predicted molar refractivity (Wildman–Crippen MR) is 173 cm³/mol. The number of aldehydes is 1. The number of aromatic hydroxyl groups is 1. The Hall–Kier alpha value is -4.37. The number of benzene rings is 1. The van der Waals surface area contributed by atoms with Crippen LogP contribution in [-0.2, 0) is 35.1 Å². The summed E-state index contributed by atoms with van der Waals surface area (Å²) < 4.78 is 5.27. The maximum atomic E-state index is 14.3. The molecule has 3 unspecified atom stereocenters. The van der Waals surface area contributed by atoms with Gasteiger partial charge in [-0.05, 0) is 57.3 Å². The number of nitrogens with zero attached hydrogens (tertiary/aromatic N) is 3. The summed E-state index contributed by atoms with van der Waals surface area (Å²) in [6, 6.07) is -0.123. The van der Waals surface area contributed by atoms with Crippen molar-refractivity contribution in [3.8, 4) is 5.75 Å². The van der Waals surface area contributed by atoms with E-state index >= 15 is 0 Å². The number of carbonyl (C=O) groups excluding carboxylic acids is 7. The van der Waals surface area contributed by atoms with Crippen LogP contribution in [0.25, 0.3) is 0 Å². The molecular formula is C33H45N5O10. The van der Waals surface area contributed by atoms with Crippen molar-refractivity contribution in [1.29, 1.82) is 0 Å². The number of ketones is 4. The Balaban J connectivity index is 1.73. The van der Waals surface area contributed by atoms with Crippen LogP contribution in [0.2, 0.25) is 0 Å². The molecule has 15 heteroatoms. The molecule has 0 heterocycles. The molecule has 2 amide bonds. The van der Waals surface area contributed by atoms with E-state index in [2.05, 4.69) is 5.32 Å². The second kappa shape index (κ2) is 13.6. The number of aliphatic hydroxyl groups is 1. The number of nitrogens with one attached hydrogen (secondary N) is 1. The number of primary amides is 1. The molecule has 0 radical (unpaired) electrons. The van der Waals surface area contributed by atoms with Crippen molar-refractivity contribution in [2.24, 2.45) is 35.3 Å². The number of hydrogen-bond donors (Lipinski definition) is 4. The number of rotatable bonds is 11. The van der Waals surface area contributed by atoms with Crippen LogP contribution in [0.15, 0.2) is 6.07 Å². The van der Waals surface area contributed by atoms with E-state index in [-0.39, 0.29) is 49.7 Å². The van der Waals surface area contributed by atoms with Crippen LogP contribution in [0, 0.1) is 29.6 Å². The van der Waals surface area contributed by atoms with Crippen LogP contribution in [0.5, 0.6) is 5.75 Å². The lowest BCUT2D eigenvalue weighted by atomic mass is 9.52. The second-order valence-electron chi connectivity index (χ2n) is 13.9. The van der Waals surface area contributed by atoms with Crippen LogP contribution in [0.1, 0.15) is 43.1 Å². The maximum Gasteiger partial charge on any atom is 0.410 e. The number of hydrogen-bond acceptors (Lipinski definition) is 13. The Kier molecular flexibility index (Phi) is 10.4. The number of likely N-dealkylation sites (N-methyl/N-ethyl adjacent to an activating group) is 1. The minimum atomic E-state index is -2.83. The third-order valence-electron chi connectivity index (χ3n) is 9.51. The third kappa shape index (κ3) is 6.16. The van der Waals surface area contributed by atoms with Crippen LogP contribution in [-0.4, -0.2) is 127 Å². The van der Waals surface area contributed by atoms with E-state index in [4.69, 9.17) is 10.5 Å². The molecule has 0 aromatic heterocycles. The molecule has 5 N–H and O–H groups in total.